The van der Waals surface area contributed by atoms with Crippen LogP contribution in [0.2, 0.25) is 0 Å². The molecule has 0 saturated carbocycles. The molecule has 2 aromatic rings. The van der Waals surface area contributed by atoms with Gasteiger partial charge in [-0.25, -0.2) is 12.8 Å². The van der Waals surface area contributed by atoms with Gasteiger partial charge in [-0.05, 0) is 55.7 Å². The van der Waals surface area contributed by atoms with Crippen molar-refractivity contribution in [1.82, 2.24) is 4.31 Å². The number of halogens is 1. The van der Waals surface area contributed by atoms with Crippen LogP contribution in [0.25, 0.3) is 0 Å². The minimum Gasteiger partial charge on any atom is -0.294 e. The highest BCUT2D eigenvalue weighted by molar-refractivity contribution is 7.89. The van der Waals surface area contributed by atoms with Gasteiger partial charge < -0.3 is 0 Å². The lowest BCUT2D eigenvalue weighted by molar-refractivity contribution is 0.0875. The lowest BCUT2D eigenvalue weighted by atomic mass is 9.90. The Morgan fingerprint density at radius 2 is 1.64 bits per heavy atom. The number of nitrogens with zero attached hydrogens (tertiary/aromatic N) is 1. The fourth-order valence-electron chi connectivity index (χ4n) is 3.19. The summed E-state index contributed by atoms with van der Waals surface area (Å²) in [5, 5.41) is 0. The highest BCUT2D eigenvalue weighted by Gasteiger charge is 2.32. The standard InChI is InChI=1S/C19H20FNO3S/c1-14-4-2-3-5-18(14)25(23,24)21-12-10-16(11-13-21)19(22)15-6-8-17(20)9-7-15/h2-9,16H,10-13H2,1H3. The fraction of sp³-hybridized carbons (Fsp3) is 0.316. The van der Waals surface area contributed by atoms with Gasteiger partial charge in [-0.2, -0.15) is 4.31 Å². The summed E-state index contributed by atoms with van der Waals surface area (Å²) in [7, 11) is -3.54. The van der Waals surface area contributed by atoms with E-state index in [2.05, 4.69) is 0 Å². The number of aryl methyl sites for hydroxylation is 1. The second-order valence-corrected chi connectivity index (χ2v) is 8.22. The Morgan fingerprint density at radius 1 is 1.04 bits per heavy atom. The van der Waals surface area contributed by atoms with E-state index in [1.807, 2.05) is 6.07 Å². The van der Waals surface area contributed by atoms with Gasteiger partial charge in [-0.3, -0.25) is 4.79 Å². The summed E-state index contributed by atoms with van der Waals surface area (Å²) in [5.74, 6) is -0.655. The van der Waals surface area contributed by atoms with Gasteiger partial charge in [0.15, 0.2) is 5.78 Å². The van der Waals surface area contributed by atoms with Crippen molar-refractivity contribution in [2.24, 2.45) is 5.92 Å². The monoisotopic (exact) mass is 361 g/mol. The Morgan fingerprint density at radius 3 is 2.24 bits per heavy atom. The lowest BCUT2D eigenvalue weighted by Gasteiger charge is -2.31. The molecular formula is C19H20FNO3S. The Hall–Kier alpha value is -2.05. The molecule has 1 aliphatic heterocycles. The maximum absolute atomic E-state index is 13.0. The summed E-state index contributed by atoms with van der Waals surface area (Å²) in [6, 6.07) is 12.4. The molecule has 1 fully saturated rings. The highest BCUT2D eigenvalue weighted by atomic mass is 32.2. The first kappa shape index (κ1) is 17.8. The second-order valence-electron chi connectivity index (χ2n) is 6.32. The molecular weight excluding hydrogens is 341 g/mol. The summed E-state index contributed by atoms with van der Waals surface area (Å²) < 4.78 is 40.0. The highest BCUT2D eigenvalue weighted by Crippen LogP contribution is 2.27. The van der Waals surface area contributed by atoms with Crippen molar-refractivity contribution >= 4 is 15.8 Å². The minimum atomic E-state index is -3.54. The van der Waals surface area contributed by atoms with Crippen molar-refractivity contribution in [3.8, 4) is 0 Å². The molecule has 0 unspecified atom stereocenters. The van der Waals surface area contributed by atoms with E-state index in [1.165, 1.54) is 28.6 Å². The predicted octanol–water partition coefficient (Wildman–Crippen LogP) is 3.42. The van der Waals surface area contributed by atoms with Crippen molar-refractivity contribution in [3.63, 3.8) is 0 Å². The number of carbonyl (C=O) groups excluding carboxylic acids is 1. The first-order valence-electron chi connectivity index (χ1n) is 8.25. The summed E-state index contributed by atoms with van der Waals surface area (Å²) in [4.78, 5) is 12.8. The molecule has 0 radical (unpaired) electrons. The Bertz CT molecular complexity index is 870. The van der Waals surface area contributed by atoms with Crippen molar-refractivity contribution in [3.05, 3.63) is 65.5 Å². The molecule has 0 atom stereocenters. The molecule has 0 aliphatic carbocycles. The van der Waals surface area contributed by atoms with E-state index in [9.17, 15) is 17.6 Å². The molecule has 0 spiro atoms. The zero-order valence-electron chi connectivity index (χ0n) is 14.0. The number of hydrogen-bond acceptors (Lipinski definition) is 3. The number of Topliss-reactive ketones (excluding diaryl/α,β-unsaturated/α-hetero) is 1. The molecule has 6 heteroatoms. The van der Waals surface area contributed by atoms with Gasteiger partial charge in [0.05, 0.1) is 4.90 Å². The van der Waals surface area contributed by atoms with Crippen molar-refractivity contribution < 1.29 is 17.6 Å². The number of rotatable bonds is 4. The Kier molecular flexibility index (Phi) is 5.01. The smallest absolute Gasteiger partial charge is 0.243 e. The summed E-state index contributed by atoms with van der Waals surface area (Å²) in [5.41, 5.74) is 1.19. The second kappa shape index (κ2) is 7.06. The average Bonchev–Trinajstić information content (AvgIpc) is 2.62. The van der Waals surface area contributed by atoms with Gasteiger partial charge in [-0.1, -0.05) is 18.2 Å². The van der Waals surface area contributed by atoms with Crippen LogP contribution in [0.15, 0.2) is 53.4 Å². The zero-order chi connectivity index (χ0) is 18.0. The number of carbonyl (C=O) groups is 1. The van der Waals surface area contributed by atoms with Crippen molar-refractivity contribution in [2.45, 2.75) is 24.7 Å². The van der Waals surface area contributed by atoms with E-state index in [0.717, 1.165) is 0 Å². The summed E-state index contributed by atoms with van der Waals surface area (Å²) in [6.45, 7) is 2.40. The summed E-state index contributed by atoms with van der Waals surface area (Å²) in [6.07, 6.45) is 0.947. The van der Waals surface area contributed by atoms with Gasteiger partial charge in [0.1, 0.15) is 5.82 Å². The van der Waals surface area contributed by atoms with Crippen LogP contribution in [0.4, 0.5) is 4.39 Å². The first-order chi connectivity index (χ1) is 11.9. The normalized spacial score (nSPS) is 16.7. The molecule has 25 heavy (non-hydrogen) atoms. The first-order valence-corrected chi connectivity index (χ1v) is 9.69. The molecule has 0 amide bonds. The van der Waals surface area contributed by atoms with Gasteiger partial charge in [0.25, 0.3) is 0 Å². The average molecular weight is 361 g/mol. The predicted molar refractivity (Wildman–Crippen MR) is 93.4 cm³/mol. The van der Waals surface area contributed by atoms with E-state index in [4.69, 9.17) is 0 Å². The van der Waals surface area contributed by atoms with Crippen LogP contribution in [0, 0.1) is 18.7 Å². The number of ketones is 1. The number of sulfonamides is 1. The van der Waals surface area contributed by atoms with Gasteiger partial charge >= 0.3 is 0 Å². The maximum Gasteiger partial charge on any atom is 0.243 e. The fourth-order valence-corrected chi connectivity index (χ4v) is 4.89. The molecule has 2 aromatic carbocycles. The van der Waals surface area contributed by atoms with Gasteiger partial charge in [-0.15, -0.1) is 0 Å². The van der Waals surface area contributed by atoms with E-state index in [-0.39, 0.29) is 17.5 Å². The summed E-state index contributed by atoms with van der Waals surface area (Å²) >= 11 is 0. The van der Waals surface area contributed by atoms with Crippen LogP contribution >= 0.6 is 0 Å². The van der Waals surface area contributed by atoms with Crippen LogP contribution in [0.5, 0.6) is 0 Å². The van der Waals surface area contributed by atoms with Crippen LogP contribution in [-0.4, -0.2) is 31.6 Å². The number of hydrogen-bond donors (Lipinski definition) is 0. The molecule has 4 nitrogen and oxygen atoms in total. The Balaban J connectivity index is 1.70. The van der Waals surface area contributed by atoms with E-state index >= 15 is 0 Å². The SMILES string of the molecule is Cc1ccccc1S(=O)(=O)N1CCC(C(=O)c2ccc(F)cc2)CC1. The van der Waals surface area contributed by atoms with Crippen LogP contribution in [0.1, 0.15) is 28.8 Å². The lowest BCUT2D eigenvalue weighted by Crippen LogP contribution is -2.40. The molecule has 0 N–H and O–H groups in total. The van der Waals surface area contributed by atoms with Crippen molar-refractivity contribution in [2.75, 3.05) is 13.1 Å². The molecule has 0 bridgehead atoms. The molecule has 1 saturated heterocycles. The van der Waals surface area contributed by atoms with Crippen LogP contribution in [0.3, 0.4) is 0 Å². The Labute approximate surface area is 147 Å². The molecule has 132 valence electrons. The maximum atomic E-state index is 13.0. The third-order valence-electron chi connectivity index (χ3n) is 4.66. The van der Waals surface area contributed by atoms with E-state index < -0.39 is 10.0 Å². The molecule has 1 heterocycles. The zero-order valence-corrected chi connectivity index (χ0v) is 14.8. The third kappa shape index (κ3) is 3.65. The topological polar surface area (TPSA) is 54.5 Å². The number of piperidine rings is 1. The largest absolute Gasteiger partial charge is 0.294 e. The van der Waals surface area contributed by atoms with E-state index in [0.29, 0.717) is 42.0 Å². The minimum absolute atomic E-state index is 0.0482. The van der Waals surface area contributed by atoms with E-state index in [1.54, 1.807) is 25.1 Å². The quantitative estimate of drug-likeness (QED) is 0.784. The molecule has 0 aromatic heterocycles. The number of benzene rings is 2. The van der Waals surface area contributed by atoms with Gasteiger partial charge in [0, 0.05) is 24.6 Å². The third-order valence-corrected chi connectivity index (χ3v) is 6.72. The molecule has 1 aliphatic rings. The molecule has 3 rings (SSSR count). The van der Waals surface area contributed by atoms with Crippen LogP contribution < -0.4 is 0 Å². The van der Waals surface area contributed by atoms with Crippen LogP contribution in [-0.2, 0) is 10.0 Å². The van der Waals surface area contributed by atoms with Gasteiger partial charge in [0.2, 0.25) is 10.0 Å². The van der Waals surface area contributed by atoms with Crippen molar-refractivity contribution in [1.29, 1.82) is 0 Å².